The summed E-state index contributed by atoms with van der Waals surface area (Å²) in [5, 5.41) is 13.4. The largest absolute Gasteiger partial charge is 0.507 e. The molecule has 2 rings (SSSR count). The number of hydrogen-bond acceptors (Lipinski definition) is 5. The lowest BCUT2D eigenvalue weighted by molar-refractivity contribution is -0.121. The summed E-state index contributed by atoms with van der Waals surface area (Å²) in [5.74, 6) is -0.527. The van der Waals surface area contributed by atoms with Gasteiger partial charge in [0, 0.05) is 12.1 Å². The van der Waals surface area contributed by atoms with Gasteiger partial charge in [-0.25, -0.2) is 13.8 Å². The Morgan fingerprint density at radius 3 is 2.46 bits per heavy atom. The van der Waals surface area contributed by atoms with Crippen molar-refractivity contribution in [2.24, 2.45) is 5.10 Å². The van der Waals surface area contributed by atoms with Gasteiger partial charge in [-0.3, -0.25) is 4.79 Å². The number of rotatable bonds is 8. The van der Waals surface area contributed by atoms with Gasteiger partial charge in [-0.1, -0.05) is 42.5 Å². The van der Waals surface area contributed by atoms with Crippen LogP contribution in [0.25, 0.3) is 0 Å². The number of sulfonamides is 1. The molecule has 2 aromatic carbocycles. The summed E-state index contributed by atoms with van der Waals surface area (Å²) in [6, 6.07) is 16.0. The fourth-order valence-electron chi connectivity index (χ4n) is 2.23. The van der Waals surface area contributed by atoms with E-state index in [2.05, 4.69) is 10.5 Å². The third kappa shape index (κ3) is 6.30. The zero-order chi connectivity index (χ0) is 19.0. The Kier molecular flexibility index (Phi) is 6.88. The summed E-state index contributed by atoms with van der Waals surface area (Å²) < 4.78 is 24.9. The first-order valence-electron chi connectivity index (χ1n) is 7.95. The lowest BCUT2D eigenvalue weighted by Gasteiger charge is -2.18. The highest BCUT2D eigenvalue weighted by atomic mass is 32.2. The molecule has 0 aliphatic rings. The average Bonchev–Trinajstić information content (AvgIpc) is 2.60. The van der Waals surface area contributed by atoms with Crippen molar-refractivity contribution in [2.45, 2.75) is 6.42 Å². The summed E-state index contributed by atoms with van der Waals surface area (Å²) in [6.07, 6.45) is 2.86. The van der Waals surface area contributed by atoms with E-state index in [4.69, 9.17) is 0 Å². The van der Waals surface area contributed by atoms with Crippen molar-refractivity contribution in [3.05, 3.63) is 65.7 Å². The van der Waals surface area contributed by atoms with Crippen molar-refractivity contribution in [2.75, 3.05) is 19.3 Å². The SMILES string of the molecule is CS(=O)(=O)N(CCc1ccccc1)CC(=O)NN=Cc1ccccc1O. The molecule has 0 unspecified atom stereocenters. The van der Waals surface area contributed by atoms with Crippen LogP contribution < -0.4 is 5.43 Å². The van der Waals surface area contributed by atoms with E-state index in [1.54, 1.807) is 18.2 Å². The summed E-state index contributed by atoms with van der Waals surface area (Å²) >= 11 is 0. The standard InChI is InChI=1S/C18H21N3O4S/c1-26(24,25)21(12-11-15-7-3-2-4-8-15)14-18(23)20-19-13-16-9-5-6-10-17(16)22/h2-10,13,22H,11-12,14H2,1H3,(H,20,23). The Balaban J connectivity index is 1.93. The van der Waals surface area contributed by atoms with Crippen LogP contribution in [-0.2, 0) is 21.2 Å². The molecule has 0 radical (unpaired) electrons. The van der Waals surface area contributed by atoms with E-state index < -0.39 is 15.9 Å². The smallest absolute Gasteiger partial charge is 0.255 e. The second-order valence-electron chi connectivity index (χ2n) is 5.68. The Morgan fingerprint density at radius 1 is 1.15 bits per heavy atom. The Morgan fingerprint density at radius 2 is 1.81 bits per heavy atom. The van der Waals surface area contributed by atoms with E-state index in [1.165, 1.54) is 12.3 Å². The number of benzene rings is 2. The molecule has 0 aliphatic carbocycles. The maximum Gasteiger partial charge on any atom is 0.255 e. The lowest BCUT2D eigenvalue weighted by Crippen LogP contribution is -2.40. The zero-order valence-corrected chi connectivity index (χ0v) is 15.2. The first kappa shape index (κ1) is 19.6. The number of carbonyl (C=O) groups excluding carboxylic acids is 1. The van der Waals surface area contributed by atoms with Crippen LogP contribution in [-0.4, -0.2) is 49.3 Å². The quantitative estimate of drug-likeness (QED) is 0.537. The van der Waals surface area contributed by atoms with E-state index >= 15 is 0 Å². The van der Waals surface area contributed by atoms with Gasteiger partial charge in [0.2, 0.25) is 10.0 Å². The number of phenols is 1. The molecule has 26 heavy (non-hydrogen) atoms. The van der Waals surface area contributed by atoms with Crippen LogP contribution in [0.15, 0.2) is 59.7 Å². The number of phenolic OH excluding ortho intramolecular Hbond substituents is 1. The fraction of sp³-hybridized carbons (Fsp3) is 0.222. The third-order valence-electron chi connectivity index (χ3n) is 3.61. The highest BCUT2D eigenvalue weighted by molar-refractivity contribution is 7.88. The number of hydrogen-bond donors (Lipinski definition) is 2. The number of nitrogens with one attached hydrogen (secondary N) is 1. The predicted octanol–water partition coefficient (Wildman–Crippen LogP) is 1.35. The minimum atomic E-state index is -3.53. The molecule has 7 nitrogen and oxygen atoms in total. The van der Waals surface area contributed by atoms with Gasteiger partial charge in [-0.05, 0) is 24.1 Å². The van der Waals surface area contributed by atoms with Crippen molar-refractivity contribution in [1.82, 2.24) is 9.73 Å². The van der Waals surface area contributed by atoms with Crippen LogP contribution in [0.3, 0.4) is 0 Å². The van der Waals surface area contributed by atoms with Gasteiger partial charge in [0.15, 0.2) is 0 Å². The second-order valence-corrected chi connectivity index (χ2v) is 7.67. The molecule has 138 valence electrons. The first-order valence-corrected chi connectivity index (χ1v) is 9.80. The van der Waals surface area contributed by atoms with E-state index in [-0.39, 0.29) is 18.8 Å². The molecule has 1 amide bonds. The number of hydrazone groups is 1. The Bertz CT molecular complexity index is 867. The number of carbonyl (C=O) groups is 1. The van der Waals surface area contributed by atoms with Gasteiger partial charge in [0.1, 0.15) is 5.75 Å². The number of nitrogens with zero attached hydrogens (tertiary/aromatic N) is 2. The molecule has 2 N–H and O–H groups in total. The summed E-state index contributed by atoms with van der Waals surface area (Å²) in [5.41, 5.74) is 3.70. The number of amides is 1. The number of aromatic hydroxyl groups is 1. The minimum Gasteiger partial charge on any atom is -0.507 e. The lowest BCUT2D eigenvalue weighted by atomic mass is 10.1. The molecule has 2 aromatic rings. The summed E-state index contributed by atoms with van der Waals surface area (Å²) in [4.78, 5) is 12.0. The molecule has 8 heteroatoms. The zero-order valence-electron chi connectivity index (χ0n) is 14.4. The highest BCUT2D eigenvalue weighted by Gasteiger charge is 2.19. The maximum atomic E-state index is 12.0. The molecular formula is C18H21N3O4S. The minimum absolute atomic E-state index is 0.0334. The van der Waals surface area contributed by atoms with Crippen LogP contribution in [0.2, 0.25) is 0 Å². The van der Waals surface area contributed by atoms with Crippen molar-refractivity contribution in [3.8, 4) is 5.75 Å². The van der Waals surface area contributed by atoms with Crippen LogP contribution in [0.1, 0.15) is 11.1 Å². The van der Waals surface area contributed by atoms with Crippen molar-refractivity contribution in [3.63, 3.8) is 0 Å². The monoisotopic (exact) mass is 375 g/mol. The van der Waals surface area contributed by atoms with Gasteiger partial charge in [-0.15, -0.1) is 0 Å². The molecule has 0 saturated heterocycles. The van der Waals surface area contributed by atoms with E-state index in [1.807, 2.05) is 30.3 Å². The Labute approximate surface area is 153 Å². The summed E-state index contributed by atoms with van der Waals surface area (Å²) in [6.45, 7) is -0.136. The molecule has 0 saturated carbocycles. The van der Waals surface area contributed by atoms with Crippen molar-refractivity contribution >= 4 is 22.1 Å². The van der Waals surface area contributed by atoms with E-state index in [0.717, 1.165) is 16.1 Å². The predicted molar refractivity (Wildman–Crippen MR) is 100 cm³/mol. The number of para-hydroxylation sites is 1. The van der Waals surface area contributed by atoms with Gasteiger partial charge >= 0.3 is 0 Å². The van der Waals surface area contributed by atoms with Gasteiger partial charge < -0.3 is 5.11 Å². The van der Waals surface area contributed by atoms with E-state index in [0.29, 0.717) is 12.0 Å². The van der Waals surface area contributed by atoms with Gasteiger partial charge in [-0.2, -0.15) is 9.41 Å². The molecule has 0 atom stereocenters. The van der Waals surface area contributed by atoms with Gasteiger partial charge in [0.05, 0.1) is 19.0 Å². The molecule has 0 aromatic heterocycles. The van der Waals surface area contributed by atoms with Crippen molar-refractivity contribution in [1.29, 1.82) is 0 Å². The van der Waals surface area contributed by atoms with Crippen molar-refractivity contribution < 1.29 is 18.3 Å². The first-order chi connectivity index (χ1) is 12.4. The molecule has 0 aliphatic heterocycles. The van der Waals surface area contributed by atoms with E-state index in [9.17, 15) is 18.3 Å². The highest BCUT2D eigenvalue weighted by Crippen LogP contribution is 2.12. The molecule has 0 bridgehead atoms. The Hall–Kier alpha value is -2.71. The molecule has 0 fully saturated rings. The topological polar surface area (TPSA) is 99.1 Å². The second kappa shape index (κ2) is 9.12. The summed E-state index contributed by atoms with van der Waals surface area (Å²) in [7, 11) is -3.53. The normalized spacial score (nSPS) is 11.8. The molecule has 0 heterocycles. The van der Waals surface area contributed by atoms with Crippen LogP contribution in [0.5, 0.6) is 5.75 Å². The fourth-order valence-corrected chi connectivity index (χ4v) is 3.00. The van der Waals surface area contributed by atoms with Crippen LogP contribution >= 0.6 is 0 Å². The molecule has 0 spiro atoms. The average molecular weight is 375 g/mol. The van der Waals surface area contributed by atoms with Gasteiger partial charge in [0.25, 0.3) is 5.91 Å². The third-order valence-corrected chi connectivity index (χ3v) is 4.86. The maximum absolute atomic E-state index is 12.0. The van der Waals surface area contributed by atoms with Crippen LogP contribution in [0.4, 0.5) is 0 Å². The van der Waals surface area contributed by atoms with Crippen LogP contribution in [0, 0.1) is 0 Å². The molecular weight excluding hydrogens is 354 g/mol.